The van der Waals surface area contributed by atoms with Crippen LogP contribution >= 0.6 is 11.8 Å². The fraction of sp³-hybridized carbons (Fsp3) is 0.269. The van der Waals surface area contributed by atoms with E-state index in [0.29, 0.717) is 24.2 Å². The molecule has 6 nitrogen and oxygen atoms in total. The average molecular weight is 461 g/mol. The monoisotopic (exact) mass is 460 g/mol. The number of rotatable bonds is 6. The van der Waals surface area contributed by atoms with Gasteiger partial charge in [0.1, 0.15) is 5.03 Å². The first-order valence-electron chi connectivity index (χ1n) is 11.0. The van der Waals surface area contributed by atoms with Gasteiger partial charge in [-0.3, -0.25) is 14.5 Å². The lowest BCUT2D eigenvalue weighted by Gasteiger charge is -2.35. The fourth-order valence-corrected chi connectivity index (χ4v) is 4.91. The Kier molecular flexibility index (Phi) is 7.11. The molecule has 2 heterocycles. The Hall–Kier alpha value is -3.16. The number of carbonyl (C=O) groups is 2. The summed E-state index contributed by atoms with van der Waals surface area (Å²) in [6.45, 7) is 7.86. The van der Waals surface area contributed by atoms with E-state index in [1.54, 1.807) is 30.1 Å². The van der Waals surface area contributed by atoms with Crippen molar-refractivity contribution in [1.29, 1.82) is 0 Å². The maximum absolute atomic E-state index is 13.3. The van der Waals surface area contributed by atoms with Gasteiger partial charge in [-0.2, -0.15) is 0 Å². The van der Waals surface area contributed by atoms with E-state index in [4.69, 9.17) is 5.73 Å². The number of piperazine rings is 1. The summed E-state index contributed by atoms with van der Waals surface area (Å²) >= 11 is 1.55. The van der Waals surface area contributed by atoms with E-state index in [-0.39, 0.29) is 5.91 Å². The Morgan fingerprint density at radius 2 is 1.73 bits per heavy atom. The zero-order valence-corrected chi connectivity index (χ0v) is 19.8. The van der Waals surface area contributed by atoms with E-state index in [2.05, 4.69) is 41.9 Å². The molecule has 2 amide bonds. The predicted molar refractivity (Wildman–Crippen MR) is 130 cm³/mol. The first kappa shape index (κ1) is 23.0. The smallest absolute Gasteiger partial charge is 0.256 e. The highest BCUT2D eigenvalue weighted by molar-refractivity contribution is 7.99. The highest BCUT2D eigenvalue weighted by atomic mass is 32.2. The van der Waals surface area contributed by atoms with E-state index in [1.807, 2.05) is 29.2 Å². The van der Waals surface area contributed by atoms with Crippen LogP contribution in [0.15, 0.2) is 70.7 Å². The summed E-state index contributed by atoms with van der Waals surface area (Å²) in [6, 6.07) is 17.4. The lowest BCUT2D eigenvalue weighted by Crippen LogP contribution is -2.48. The number of nitrogens with zero attached hydrogens (tertiary/aromatic N) is 3. The molecule has 170 valence electrons. The predicted octanol–water partition coefficient (Wildman–Crippen LogP) is 3.91. The standard InChI is InChI=1S/C26H28N4O2S/c1-18-5-10-23(19(2)16-18)33-25-22(4-3-11-28-25)26(32)30-14-12-29(13-15-30)17-20-6-8-21(9-7-20)24(27)31/h3-11,16H,12-15,17H2,1-2H3,(H2,27,31). The zero-order valence-electron chi connectivity index (χ0n) is 19.0. The van der Waals surface area contributed by atoms with Crippen LogP contribution < -0.4 is 5.73 Å². The Bertz CT molecular complexity index is 1160. The number of benzene rings is 2. The van der Waals surface area contributed by atoms with Crippen LogP contribution in [0.5, 0.6) is 0 Å². The summed E-state index contributed by atoms with van der Waals surface area (Å²) in [5.74, 6) is -0.389. The van der Waals surface area contributed by atoms with Gasteiger partial charge >= 0.3 is 0 Å². The molecule has 0 aliphatic carbocycles. The Morgan fingerprint density at radius 3 is 2.39 bits per heavy atom. The first-order valence-corrected chi connectivity index (χ1v) is 11.8. The molecule has 1 aromatic heterocycles. The molecule has 7 heteroatoms. The summed E-state index contributed by atoms with van der Waals surface area (Å²) in [5.41, 5.74) is 10.0. The molecule has 0 radical (unpaired) electrons. The van der Waals surface area contributed by atoms with E-state index >= 15 is 0 Å². The molecule has 1 aliphatic rings. The van der Waals surface area contributed by atoms with Crippen LogP contribution in [0, 0.1) is 13.8 Å². The molecule has 3 aromatic rings. The molecule has 2 N–H and O–H groups in total. The molecule has 1 fully saturated rings. The number of aromatic nitrogens is 1. The molecule has 4 rings (SSSR count). The normalized spacial score (nSPS) is 14.3. The molecule has 0 atom stereocenters. The van der Waals surface area contributed by atoms with Crippen LogP contribution in [0.1, 0.15) is 37.4 Å². The minimum absolute atomic E-state index is 0.0285. The average Bonchev–Trinajstić information content (AvgIpc) is 2.82. The third-order valence-electron chi connectivity index (χ3n) is 5.84. The van der Waals surface area contributed by atoms with Gasteiger partial charge in [0.15, 0.2) is 0 Å². The van der Waals surface area contributed by atoms with Gasteiger partial charge in [0.05, 0.1) is 5.56 Å². The molecule has 1 aliphatic heterocycles. The molecule has 0 unspecified atom stereocenters. The van der Waals surface area contributed by atoms with Crippen molar-refractivity contribution >= 4 is 23.6 Å². The largest absolute Gasteiger partial charge is 0.366 e. The van der Waals surface area contributed by atoms with Gasteiger partial charge < -0.3 is 10.6 Å². The van der Waals surface area contributed by atoms with Crippen molar-refractivity contribution in [3.8, 4) is 0 Å². The van der Waals surface area contributed by atoms with Crippen molar-refractivity contribution in [1.82, 2.24) is 14.8 Å². The van der Waals surface area contributed by atoms with Gasteiger partial charge in [0.2, 0.25) is 5.91 Å². The van der Waals surface area contributed by atoms with Crippen LogP contribution in [0.25, 0.3) is 0 Å². The van der Waals surface area contributed by atoms with Gasteiger partial charge in [-0.25, -0.2) is 4.98 Å². The third kappa shape index (κ3) is 5.61. The van der Waals surface area contributed by atoms with Gasteiger partial charge in [0, 0.05) is 49.4 Å². The van der Waals surface area contributed by atoms with Gasteiger partial charge in [-0.05, 0) is 55.3 Å². The second-order valence-corrected chi connectivity index (χ2v) is 9.39. The number of nitrogens with two attached hydrogens (primary N) is 1. The number of carbonyl (C=O) groups excluding carboxylic acids is 2. The number of hydrogen-bond donors (Lipinski definition) is 1. The highest BCUT2D eigenvalue weighted by Gasteiger charge is 2.24. The van der Waals surface area contributed by atoms with Crippen molar-refractivity contribution < 1.29 is 9.59 Å². The topological polar surface area (TPSA) is 79.5 Å². The Morgan fingerprint density at radius 1 is 1.00 bits per heavy atom. The minimum atomic E-state index is -0.417. The molecular weight excluding hydrogens is 432 g/mol. The summed E-state index contributed by atoms with van der Waals surface area (Å²) in [6.07, 6.45) is 1.74. The molecule has 0 bridgehead atoms. The van der Waals surface area contributed by atoms with Gasteiger partial charge in [-0.1, -0.05) is 41.6 Å². The highest BCUT2D eigenvalue weighted by Crippen LogP contribution is 2.32. The first-order chi connectivity index (χ1) is 15.9. The van der Waals surface area contributed by atoms with Crippen molar-refractivity contribution in [2.75, 3.05) is 26.2 Å². The lowest BCUT2D eigenvalue weighted by atomic mass is 10.1. The van der Waals surface area contributed by atoms with Gasteiger partial charge in [-0.15, -0.1) is 0 Å². The van der Waals surface area contributed by atoms with Crippen LogP contribution in [0.2, 0.25) is 0 Å². The van der Waals surface area contributed by atoms with E-state index in [0.717, 1.165) is 35.1 Å². The number of primary amides is 1. The Labute approximate surface area is 198 Å². The number of amides is 2. The minimum Gasteiger partial charge on any atom is -0.366 e. The van der Waals surface area contributed by atoms with Crippen molar-refractivity contribution in [3.63, 3.8) is 0 Å². The summed E-state index contributed by atoms with van der Waals surface area (Å²) in [5, 5.41) is 0.742. The lowest BCUT2D eigenvalue weighted by molar-refractivity contribution is 0.0624. The maximum Gasteiger partial charge on any atom is 0.256 e. The quantitative estimate of drug-likeness (QED) is 0.603. The summed E-state index contributed by atoms with van der Waals surface area (Å²) in [7, 11) is 0. The number of hydrogen-bond acceptors (Lipinski definition) is 5. The molecule has 0 saturated carbocycles. The van der Waals surface area contributed by atoms with Crippen LogP contribution in [0.3, 0.4) is 0 Å². The van der Waals surface area contributed by atoms with Crippen LogP contribution in [-0.2, 0) is 6.54 Å². The SMILES string of the molecule is Cc1ccc(Sc2ncccc2C(=O)N2CCN(Cc3ccc(C(N)=O)cc3)CC2)c(C)c1. The molecule has 2 aromatic carbocycles. The summed E-state index contributed by atoms with van der Waals surface area (Å²) in [4.78, 5) is 34.4. The molecular formula is C26H28N4O2S. The maximum atomic E-state index is 13.3. The fourth-order valence-electron chi connectivity index (χ4n) is 3.96. The number of pyridine rings is 1. The number of aryl methyl sites for hydroxylation is 2. The second-order valence-electron chi connectivity index (χ2n) is 8.36. The van der Waals surface area contributed by atoms with Crippen molar-refractivity contribution in [3.05, 3.63) is 88.6 Å². The third-order valence-corrected chi connectivity index (χ3v) is 7.04. The molecule has 33 heavy (non-hydrogen) atoms. The van der Waals surface area contributed by atoms with E-state index in [1.165, 1.54) is 11.1 Å². The molecule has 0 spiro atoms. The van der Waals surface area contributed by atoms with E-state index in [9.17, 15) is 9.59 Å². The van der Waals surface area contributed by atoms with Crippen LogP contribution in [-0.4, -0.2) is 52.8 Å². The Balaban J connectivity index is 1.39. The molecule has 1 saturated heterocycles. The zero-order chi connectivity index (χ0) is 23.4. The van der Waals surface area contributed by atoms with Crippen LogP contribution in [0.4, 0.5) is 0 Å². The van der Waals surface area contributed by atoms with E-state index < -0.39 is 5.91 Å². The summed E-state index contributed by atoms with van der Waals surface area (Å²) < 4.78 is 0. The van der Waals surface area contributed by atoms with Crippen molar-refractivity contribution in [2.45, 2.75) is 30.3 Å². The second kappa shape index (κ2) is 10.2. The van der Waals surface area contributed by atoms with Crippen molar-refractivity contribution in [2.24, 2.45) is 5.73 Å². The van der Waals surface area contributed by atoms with Gasteiger partial charge in [0.25, 0.3) is 5.91 Å².